The van der Waals surface area contributed by atoms with E-state index in [1.807, 2.05) is 48.5 Å². The van der Waals surface area contributed by atoms with E-state index in [1.165, 1.54) is 4.68 Å². The monoisotopic (exact) mass is 308 g/mol. The lowest BCUT2D eigenvalue weighted by Crippen LogP contribution is -2.41. The Balaban J connectivity index is 2.25. The number of rotatable bonds is 1. The van der Waals surface area contributed by atoms with Crippen LogP contribution in [0.25, 0.3) is 0 Å². The molecule has 0 amide bonds. The molecule has 0 aromatic carbocycles. The summed E-state index contributed by atoms with van der Waals surface area (Å²) in [6.45, 7) is 15.2. The van der Waals surface area contributed by atoms with E-state index in [-0.39, 0.29) is 0 Å². The molecule has 6 nitrogen and oxygen atoms in total. The van der Waals surface area contributed by atoms with Gasteiger partial charge in [-0.25, -0.2) is 4.79 Å². The molecule has 122 valence electrons. The van der Waals surface area contributed by atoms with E-state index < -0.39 is 30.0 Å². The van der Waals surface area contributed by atoms with Gasteiger partial charge in [-0.15, -0.1) is 0 Å². The molecule has 0 spiro atoms. The molecule has 1 aromatic rings. The fourth-order valence-corrected chi connectivity index (χ4v) is 2.11. The van der Waals surface area contributed by atoms with Crippen molar-refractivity contribution < 1.29 is 18.8 Å². The first-order valence-electron chi connectivity index (χ1n) is 7.47. The molecule has 0 radical (unpaired) electrons. The molecule has 0 aliphatic carbocycles. The summed E-state index contributed by atoms with van der Waals surface area (Å²) in [5, 5.41) is 4.12. The Labute approximate surface area is 132 Å². The van der Waals surface area contributed by atoms with Crippen LogP contribution in [-0.2, 0) is 14.0 Å². The van der Waals surface area contributed by atoms with E-state index in [2.05, 4.69) is 5.10 Å². The van der Waals surface area contributed by atoms with Gasteiger partial charge < -0.3 is 14.0 Å². The van der Waals surface area contributed by atoms with Crippen LogP contribution in [0.1, 0.15) is 54.2 Å². The van der Waals surface area contributed by atoms with E-state index in [0.717, 1.165) is 5.46 Å². The van der Waals surface area contributed by atoms with Crippen molar-refractivity contribution in [1.29, 1.82) is 0 Å². The Morgan fingerprint density at radius 2 is 1.73 bits per heavy atom. The van der Waals surface area contributed by atoms with Crippen molar-refractivity contribution in [2.45, 2.75) is 72.2 Å². The lowest BCUT2D eigenvalue weighted by atomic mass is 9.79. The summed E-state index contributed by atoms with van der Waals surface area (Å²) in [5.41, 5.74) is -0.0341. The van der Waals surface area contributed by atoms with Gasteiger partial charge in [0.1, 0.15) is 5.60 Å². The van der Waals surface area contributed by atoms with Crippen LogP contribution in [0.15, 0.2) is 6.20 Å². The Morgan fingerprint density at radius 3 is 2.18 bits per heavy atom. The van der Waals surface area contributed by atoms with Crippen LogP contribution >= 0.6 is 0 Å². The largest absolute Gasteiger partial charge is 0.498 e. The van der Waals surface area contributed by atoms with Gasteiger partial charge in [-0.3, -0.25) is 0 Å². The second kappa shape index (κ2) is 5.10. The fourth-order valence-electron chi connectivity index (χ4n) is 2.11. The first-order valence-corrected chi connectivity index (χ1v) is 7.47. The Morgan fingerprint density at radius 1 is 1.23 bits per heavy atom. The van der Waals surface area contributed by atoms with E-state index in [9.17, 15) is 4.79 Å². The van der Waals surface area contributed by atoms with Crippen molar-refractivity contribution in [2.24, 2.45) is 0 Å². The predicted octanol–water partition coefficient (Wildman–Crippen LogP) is 2.27. The molecule has 0 bridgehead atoms. The van der Waals surface area contributed by atoms with Crippen LogP contribution in [0.2, 0.25) is 0 Å². The van der Waals surface area contributed by atoms with Crippen molar-refractivity contribution in [3.8, 4) is 0 Å². The summed E-state index contributed by atoms with van der Waals surface area (Å²) in [5.74, 6) is 0. The second-order valence-corrected chi connectivity index (χ2v) is 7.67. The van der Waals surface area contributed by atoms with E-state index in [1.54, 1.807) is 13.1 Å². The van der Waals surface area contributed by atoms with Gasteiger partial charge in [-0.05, 0) is 55.4 Å². The highest BCUT2D eigenvalue weighted by molar-refractivity contribution is 6.62. The predicted molar refractivity (Wildman–Crippen MR) is 84.3 cm³/mol. The van der Waals surface area contributed by atoms with Crippen molar-refractivity contribution >= 4 is 18.7 Å². The van der Waals surface area contributed by atoms with Crippen LogP contribution in [0.3, 0.4) is 0 Å². The van der Waals surface area contributed by atoms with Gasteiger partial charge in [0, 0.05) is 17.4 Å². The number of aromatic nitrogens is 2. The third-order valence-electron chi connectivity index (χ3n) is 4.12. The molecule has 2 heterocycles. The molecule has 1 fully saturated rings. The zero-order valence-corrected chi connectivity index (χ0v) is 14.7. The molecule has 1 aromatic heterocycles. The van der Waals surface area contributed by atoms with E-state index >= 15 is 0 Å². The van der Waals surface area contributed by atoms with Crippen LogP contribution < -0.4 is 5.46 Å². The minimum Gasteiger partial charge on any atom is -0.442 e. The SMILES string of the molecule is Cc1c(B2OC(C)(C)C(C)(C)O2)cnn1C(=O)OC(C)(C)C. The molecular formula is C15H25BN2O4. The molecule has 0 unspecified atom stereocenters. The van der Waals surface area contributed by atoms with Crippen molar-refractivity contribution in [3.05, 3.63) is 11.9 Å². The quantitative estimate of drug-likeness (QED) is 0.745. The van der Waals surface area contributed by atoms with E-state index in [4.69, 9.17) is 14.0 Å². The molecule has 0 N–H and O–H groups in total. The minimum absolute atomic E-state index is 0.432. The molecule has 7 heteroatoms. The highest BCUT2D eigenvalue weighted by Crippen LogP contribution is 2.36. The van der Waals surface area contributed by atoms with Crippen molar-refractivity contribution in [3.63, 3.8) is 0 Å². The second-order valence-electron chi connectivity index (χ2n) is 7.67. The van der Waals surface area contributed by atoms with Crippen molar-refractivity contribution in [2.75, 3.05) is 0 Å². The summed E-state index contributed by atoms with van der Waals surface area (Å²) >= 11 is 0. The number of hydrogen-bond donors (Lipinski definition) is 0. The first-order chi connectivity index (χ1) is 9.84. The normalized spacial score (nSPS) is 20.3. The molecule has 1 aliphatic rings. The maximum Gasteiger partial charge on any atom is 0.498 e. The fraction of sp³-hybridized carbons (Fsp3) is 0.733. The van der Waals surface area contributed by atoms with Crippen LogP contribution in [0.5, 0.6) is 0 Å². The van der Waals surface area contributed by atoms with Gasteiger partial charge in [0.2, 0.25) is 0 Å². The van der Waals surface area contributed by atoms with Gasteiger partial charge in [-0.2, -0.15) is 9.78 Å². The summed E-state index contributed by atoms with van der Waals surface area (Å²) in [7, 11) is -0.541. The summed E-state index contributed by atoms with van der Waals surface area (Å²) < 4.78 is 18.6. The molecule has 2 rings (SSSR count). The van der Waals surface area contributed by atoms with Crippen LogP contribution in [0, 0.1) is 6.92 Å². The standard InChI is InChI=1S/C15H25BN2O4/c1-10-11(16-21-14(5,6)15(7,8)22-16)9-17-18(10)12(19)20-13(2,3)4/h9H,1-8H3. The Hall–Kier alpha value is -1.34. The topological polar surface area (TPSA) is 62.6 Å². The number of nitrogens with zero attached hydrogens (tertiary/aromatic N) is 2. The van der Waals surface area contributed by atoms with Crippen LogP contribution in [-0.4, -0.2) is 39.8 Å². The van der Waals surface area contributed by atoms with Gasteiger partial charge in [0.15, 0.2) is 0 Å². The number of hydrogen-bond acceptors (Lipinski definition) is 5. The van der Waals surface area contributed by atoms with Crippen LogP contribution in [0.4, 0.5) is 4.79 Å². The third kappa shape index (κ3) is 3.05. The Bertz CT molecular complexity index is 571. The van der Waals surface area contributed by atoms with E-state index in [0.29, 0.717) is 5.69 Å². The Kier molecular flexibility index (Phi) is 3.94. The smallest absolute Gasteiger partial charge is 0.442 e. The highest BCUT2D eigenvalue weighted by atomic mass is 16.7. The molecule has 0 atom stereocenters. The highest BCUT2D eigenvalue weighted by Gasteiger charge is 2.52. The van der Waals surface area contributed by atoms with Gasteiger partial charge in [0.25, 0.3) is 0 Å². The minimum atomic E-state index is -0.569. The van der Waals surface area contributed by atoms with Gasteiger partial charge in [0.05, 0.1) is 11.2 Å². The molecule has 1 saturated heterocycles. The number of ether oxygens (including phenoxy) is 1. The molecular weight excluding hydrogens is 283 g/mol. The summed E-state index contributed by atoms with van der Waals surface area (Å²) in [6, 6.07) is 0. The van der Waals surface area contributed by atoms with Gasteiger partial charge >= 0.3 is 13.2 Å². The lowest BCUT2D eigenvalue weighted by molar-refractivity contribution is 0.00578. The van der Waals surface area contributed by atoms with Crippen molar-refractivity contribution in [1.82, 2.24) is 9.78 Å². The zero-order valence-electron chi connectivity index (χ0n) is 14.7. The summed E-state index contributed by atoms with van der Waals surface area (Å²) in [6.07, 6.45) is 1.09. The molecule has 1 aliphatic heterocycles. The molecule has 0 saturated carbocycles. The maximum absolute atomic E-state index is 12.2. The zero-order chi connectivity index (χ0) is 16.9. The molecule has 22 heavy (non-hydrogen) atoms. The average molecular weight is 308 g/mol. The summed E-state index contributed by atoms with van der Waals surface area (Å²) in [4.78, 5) is 12.2. The maximum atomic E-state index is 12.2. The third-order valence-corrected chi connectivity index (χ3v) is 4.12. The first kappa shape index (κ1) is 17.0. The lowest BCUT2D eigenvalue weighted by Gasteiger charge is -2.32. The average Bonchev–Trinajstić information content (AvgIpc) is 2.75. The number of carbonyl (C=O) groups is 1. The number of carbonyl (C=O) groups excluding carboxylic acids is 1. The van der Waals surface area contributed by atoms with Gasteiger partial charge in [-0.1, -0.05) is 0 Å².